The van der Waals surface area contributed by atoms with Crippen LogP contribution >= 0.6 is 23.1 Å². The molecule has 0 saturated carbocycles. The van der Waals surface area contributed by atoms with Gasteiger partial charge in [0.05, 0.1) is 5.75 Å². The third-order valence-electron chi connectivity index (χ3n) is 2.96. The minimum absolute atomic E-state index is 0.0841. The summed E-state index contributed by atoms with van der Waals surface area (Å²) in [5.41, 5.74) is 1.31. The first-order valence-corrected chi connectivity index (χ1v) is 8.70. The molecule has 0 bridgehead atoms. The molecule has 8 heteroatoms. The monoisotopic (exact) mass is 357 g/mol. The number of halogens is 2. The zero-order valence-electron chi connectivity index (χ0n) is 13.0. The molecule has 1 aromatic carbocycles. The first kappa shape index (κ1) is 17.8. The minimum Gasteiger partial charge on any atom is -0.300 e. The summed E-state index contributed by atoms with van der Waals surface area (Å²) in [5.74, 6) is -0.120. The number of alkyl halides is 2. The van der Waals surface area contributed by atoms with E-state index in [1.54, 1.807) is 0 Å². The van der Waals surface area contributed by atoms with E-state index in [-0.39, 0.29) is 22.2 Å². The maximum Gasteiger partial charge on any atom is 0.291 e. The van der Waals surface area contributed by atoms with Crippen LogP contribution in [0.4, 0.5) is 13.9 Å². The normalized spacial score (nSPS) is 11.7. The van der Waals surface area contributed by atoms with E-state index in [0.29, 0.717) is 11.3 Å². The van der Waals surface area contributed by atoms with Crippen LogP contribution in [-0.2, 0) is 10.2 Å². The Hall–Kier alpha value is -1.54. The lowest BCUT2D eigenvalue weighted by atomic mass is 9.87. The lowest BCUT2D eigenvalue weighted by Gasteiger charge is -2.19. The number of hydrogen-bond donors (Lipinski definition) is 1. The molecule has 2 rings (SSSR count). The largest absolute Gasteiger partial charge is 0.300 e. The third kappa shape index (κ3) is 5.24. The molecule has 0 unspecified atom stereocenters. The van der Waals surface area contributed by atoms with Crippen LogP contribution in [0.2, 0.25) is 0 Å². The Morgan fingerprint density at radius 1 is 1.26 bits per heavy atom. The Balaban J connectivity index is 1.86. The predicted octanol–water partition coefficient (Wildman–Crippen LogP) is 4.50. The fraction of sp³-hybridized carbons (Fsp3) is 0.400. The van der Waals surface area contributed by atoms with Crippen LogP contribution in [0.1, 0.15) is 37.8 Å². The van der Waals surface area contributed by atoms with Crippen LogP contribution in [0.25, 0.3) is 0 Å². The second kappa shape index (κ2) is 7.35. The fourth-order valence-corrected chi connectivity index (χ4v) is 3.04. The lowest BCUT2D eigenvalue weighted by molar-refractivity contribution is -0.113. The Labute approximate surface area is 141 Å². The zero-order valence-corrected chi connectivity index (χ0v) is 14.6. The number of hydrogen-bond acceptors (Lipinski definition) is 5. The number of benzene rings is 1. The van der Waals surface area contributed by atoms with E-state index < -0.39 is 11.4 Å². The maximum atomic E-state index is 12.4. The molecule has 0 saturated heterocycles. The SMILES string of the molecule is CC(C)(C)c1ccc(SCC(=O)Nc2nnc(C(F)F)s2)cc1. The number of carbonyl (C=O) groups is 1. The zero-order chi connectivity index (χ0) is 17.0. The molecule has 124 valence electrons. The average molecular weight is 357 g/mol. The van der Waals surface area contributed by atoms with Gasteiger partial charge in [0.15, 0.2) is 5.01 Å². The molecule has 0 fully saturated rings. The molecule has 0 spiro atoms. The fourth-order valence-electron chi connectivity index (χ4n) is 1.73. The van der Waals surface area contributed by atoms with Crippen molar-refractivity contribution >= 4 is 34.1 Å². The topological polar surface area (TPSA) is 54.9 Å². The molecular formula is C15H17F2N3OS2. The second-order valence-electron chi connectivity index (χ2n) is 5.86. The minimum atomic E-state index is -2.67. The van der Waals surface area contributed by atoms with E-state index in [4.69, 9.17) is 0 Å². The summed E-state index contributed by atoms with van der Waals surface area (Å²) < 4.78 is 24.8. The number of nitrogens with one attached hydrogen (secondary N) is 1. The van der Waals surface area contributed by atoms with Gasteiger partial charge >= 0.3 is 0 Å². The highest BCUT2D eigenvalue weighted by atomic mass is 32.2. The highest BCUT2D eigenvalue weighted by Gasteiger charge is 2.16. The number of thioether (sulfide) groups is 1. The van der Waals surface area contributed by atoms with Gasteiger partial charge < -0.3 is 0 Å². The molecule has 4 nitrogen and oxygen atoms in total. The molecule has 0 aliphatic heterocycles. The van der Waals surface area contributed by atoms with Crippen LogP contribution in [-0.4, -0.2) is 21.9 Å². The van der Waals surface area contributed by atoms with Crippen LogP contribution in [0.15, 0.2) is 29.2 Å². The van der Waals surface area contributed by atoms with Gasteiger partial charge in [-0.2, -0.15) is 0 Å². The van der Waals surface area contributed by atoms with Crippen molar-refractivity contribution in [1.29, 1.82) is 0 Å². The van der Waals surface area contributed by atoms with Gasteiger partial charge in [0, 0.05) is 4.90 Å². The molecule has 1 aromatic heterocycles. The van der Waals surface area contributed by atoms with Gasteiger partial charge in [0.1, 0.15) is 0 Å². The van der Waals surface area contributed by atoms with Crippen LogP contribution in [0.5, 0.6) is 0 Å². The number of amides is 1. The smallest absolute Gasteiger partial charge is 0.291 e. The lowest BCUT2D eigenvalue weighted by Crippen LogP contribution is -2.14. The first-order chi connectivity index (χ1) is 10.8. The van der Waals surface area contributed by atoms with E-state index >= 15 is 0 Å². The Morgan fingerprint density at radius 2 is 1.91 bits per heavy atom. The van der Waals surface area contributed by atoms with Crippen molar-refractivity contribution in [2.75, 3.05) is 11.1 Å². The van der Waals surface area contributed by atoms with Gasteiger partial charge in [-0.25, -0.2) is 8.78 Å². The van der Waals surface area contributed by atoms with E-state index in [2.05, 4.69) is 36.3 Å². The molecule has 1 amide bonds. The van der Waals surface area contributed by atoms with Gasteiger partial charge in [-0.05, 0) is 23.1 Å². The molecule has 0 radical (unpaired) electrons. The standard InChI is InChI=1S/C15H17F2N3OS2/c1-15(2,3)9-4-6-10(7-5-9)22-8-11(21)18-14-20-19-13(23-14)12(16)17/h4-7,12H,8H2,1-3H3,(H,18,20,21). The Bertz CT molecular complexity index is 666. The number of rotatable bonds is 5. The molecular weight excluding hydrogens is 340 g/mol. The van der Waals surface area contributed by atoms with Gasteiger partial charge in [-0.15, -0.1) is 22.0 Å². The molecule has 2 aromatic rings. The third-order valence-corrected chi connectivity index (χ3v) is 4.82. The second-order valence-corrected chi connectivity index (χ2v) is 7.92. The highest BCUT2D eigenvalue weighted by Crippen LogP contribution is 2.27. The molecule has 23 heavy (non-hydrogen) atoms. The van der Waals surface area contributed by atoms with Crippen molar-refractivity contribution in [3.63, 3.8) is 0 Å². The summed E-state index contributed by atoms with van der Waals surface area (Å²) in [6.07, 6.45) is -2.67. The van der Waals surface area contributed by atoms with Gasteiger partial charge in [-0.3, -0.25) is 10.1 Å². The quantitative estimate of drug-likeness (QED) is 0.800. The summed E-state index contributed by atoms with van der Waals surface area (Å²) in [5, 5.41) is 9.00. The van der Waals surface area contributed by atoms with Crippen LogP contribution < -0.4 is 5.32 Å². The average Bonchev–Trinajstić information content (AvgIpc) is 2.93. The van der Waals surface area contributed by atoms with Crippen molar-refractivity contribution in [3.05, 3.63) is 34.8 Å². The van der Waals surface area contributed by atoms with Gasteiger partial charge in [0.25, 0.3) is 6.43 Å². The molecule has 0 aliphatic rings. The van der Waals surface area contributed by atoms with Crippen molar-refractivity contribution < 1.29 is 13.6 Å². The van der Waals surface area contributed by atoms with Crippen molar-refractivity contribution in [3.8, 4) is 0 Å². The first-order valence-electron chi connectivity index (χ1n) is 6.90. The Morgan fingerprint density at radius 3 is 2.43 bits per heavy atom. The number of anilines is 1. The summed E-state index contributed by atoms with van der Waals surface area (Å²) in [6, 6.07) is 8.02. The van der Waals surface area contributed by atoms with E-state index in [1.807, 2.05) is 24.3 Å². The van der Waals surface area contributed by atoms with E-state index in [9.17, 15) is 13.6 Å². The van der Waals surface area contributed by atoms with E-state index in [0.717, 1.165) is 4.90 Å². The highest BCUT2D eigenvalue weighted by molar-refractivity contribution is 8.00. The number of carbonyl (C=O) groups excluding carboxylic acids is 1. The number of nitrogens with zero attached hydrogens (tertiary/aromatic N) is 2. The summed E-state index contributed by atoms with van der Waals surface area (Å²) in [4.78, 5) is 12.8. The van der Waals surface area contributed by atoms with Crippen molar-refractivity contribution in [2.45, 2.75) is 37.5 Å². The Kier molecular flexibility index (Phi) is 5.69. The molecule has 0 aliphatic carbocycles. The predicted molar refractivity (Wildman–Crippen MR) is 89.4 cm³/mol. The van der Waals surface area contributed by atoms with Gasteiger partial charge in [-0.1, -0.05) is 44.2 Å². The molecule has 1 heterocycles. The van der Waals surface area contributed by atoms with Crippen LogP contribution in [0, 0.1) is 0 Å². The molecule has 1 N–H and O–H groups in total. The number of aromatic nitrogens is 2. The van der Waals surface area contributed by atoms with Gasteiger partial charge in [0.2, 0.25) is 11.0 Å². The summed E-state index contributed by atoms with van der Waals surface area (Å²) >= 11 is 2.06. The maximum absolute atomic E-state index is 12.4. The van der Waals surface area contributed by atoms with Crippen molar-refractivity contribution in [2.24, 2.45) is 0 Å². The van der Waals surface area contributed by atoms with Crippen molar-refractivity contribution in [1.82, 2.24) is 10.2 Å². The summed E-state index contributed by atoms with van der Waals surface area (Å²) in [6.45, 7) is 6.41. The molecule has 0 atom stereocenters. The summed E-state index contributed by atoms with van der Waals surface area (Å²) in [7, 11) is 0. The van der Waals surface area contributed by atoms with E-state index in [1.165, 1.54) is 17.3 Å². The van der Waals surface area contributed by atoms with Crippen LogP contribution in [0.3, 0.4) is 0 Å².